The monoisotopic (exact) mass is 304 g/mol. The summed E-state index contributed by atoms with van der Waals surface area (Å²) in [6.45, 7) is 2.11. The molecule has 0 aliphatic rings. The number of rotatable bonds is 7. The summed E-state index contributed by atoms with van der Waals surface area (Å²) >= 11 is 4.30. The van der Waals surface area contributed by atoms with Crippen molar-refractivity contribution in [1.29, 1.82) is 0 Å². The summed E-state index contributed by atoms with van der Waals surface area (Å²) in [6, 6.07) is 20.7. The Kier molecular flexibility index (Phi) is 5.56. The van der Waals surface area contributed by atoms with Crippen LogP contribution in [0.4, 0.5) is 0 Å². The van der Waals surface area contributed by atoms with Crippen LogP contribution in [0.15, 0.2) is 60.7 Å². The Balaban J connectivity index is 2.12. The van der Waals surface area contributed by atoms with Crippen molar-refractivity contribution in [2.24, 2.45) is 0 Å². The zero-order chi connectivity index (χ0) is 14.3. The molecule has 0 aliphatic heterocycles. The molecule has 0 N–H and O–H groups in total. The lowest BCUT2D eigenvalue weighted by Crippen LogP contribution is -2.45. The Bertz CT molecular complexity index is 463. The van der Waals surface area contributed by atoms with Gasteiger partial charge >= 0.3 is 8.56 Å². The molecule has 0 aromatic heterocycles. The Morgan fingerprint density at radius 3 is 1.70 bits per heavy atom. The van der Waals surface area contributed by atoms with Gasteiger partial charge in [-0.05, 0) is 36.4 Å². The van der Waals surface area contributed by atoms with Gasteiger partial charge in [-0.1, -0.05) is 36.4 Å². The van der Waals surface area contributed by atoms with E-state index in [-0.39, 0.29) is 0 Å². The van der Waals surface area contributed by atoms with Crippen molar-refractivity contribution >= 4 is 21.2 Å². The summed E-state index contributed by atoms with van der Waals surface area (Å²) in [7, 11) is -2.30. The first-order valence-corrected chi connectivity index (χ1v) is 9.96. The maximum absolute atomic E-state index is 6.19. The molecule has 0 fully saturated rings. The molecule has 2 nitrogen and oxygen atoms in total. The smallest absolute Gasteiger partial charge is 0.457 e. The predicted octanol–water partition coefficient (Wildman–Crippen LogP) is 4.54. The SMILES string of the molecule is C[Si](CCCS)(Oc1ccccc1)Oc1ccccc1. The van der Waals surface area contributed by atoms with Crippen LogP contribution in [0, 0.1) is 0 Å². The van der Waals surface area contributed by atoms with E-state index in [1.807, 2.05) is 60.7 Å². The number of para-hydroxylation sites is 2. The van der Waals surface area contributed by atoms with Crippen LogP contribution in [0.25, 0.3) is 0 Å². The van der Waals surface area contributed by atoms with Crippen LogP contribution in [0.5, 0.6) is 11.5 Å². The predicted molar refractivity (Wildman–Crippen MR) is 89.0 cm³/mol. The highest BCUT2D eigenvalue weighted by Gasteiger charge is 2.35. The molecule has 0 aliphatic carbocycles. The molecule has 0 radical (unpaired) electrons. The standard InChI is InChI=1S/C16H20O2SSi/c1-20(14-8-13-19,17-15-9-4-2-5-10-15)18-16-11-6-3-7-12-16/h2-7,9-12,19H,8,13-14H2,1H3. The number of hydrogen-bond donors (Lipinski definition) is 1. The molecule has 2 aromatic carbocycles. The zero-order valence-electron chi connectivity index (χ0n) is 11.7. The van der Waals surface area contributed by atoms with Gasteiger partial charge in [0.05, 0.1) is 0 Å². The fourth-order valence-electron chi connectivity index (χ4n) is 2.00. The molecule has 0 heterocycles. The Labute approximate surface area is 127 Å². The lowest BCUT2D eigenvalue weighted by Gasteiger charge is -2.28. The van der Waals surface area contributed by atoms with Gasteiger partial charge in [-0.25, -0.2) is 0 Å². The third-order valence-corrected chi connectivity index (χ3v) is 5.86. The second-order valence-electron chi connectivity index (χ2n) is 4.79. The first-order chi connectivity index (χ1) is 9.72. The minimum atomic E-state index is -2.30. The van der Waals surface area contributed by atoms with Gasteiger partial charge < -0.3 is 8.85 Å². The summed E-state index contributed by atoms with van der Waals surface area (Å²) in [4.78, 5) is 0. The maximum Gasteiger partial charge on any atom is 0.457 e. The molecule has 2 aromatic rings. The van der Waals surface area contributed by atoms with E-state index < -0.39 is 8.56 Å². The molecule has 0 saturated heterocycles. The summed E-state index contributed by atoms with van der Waals surface area (Å²) in [5.41, 5.74) is 0. The maximum atomic E-state index is 6.19. The quantitative estimate of drug-likeness (QED) is 0.598. The van der Waals surface area contributed by atoms with Crippen LogP contribution in [-0.4, -0.2) is 14.3 Å². The van der Waals surface area contributed by atoms with Crippen molar-refractivity contribution in [3.8, 4) is 11.5 Å². The van der Waals surface area contributed by atoms with E-state index in [2.05, 4.69) is 19.2 Å². The van der Waals surface area contributed by atoms with E-state index in [1.54, 1.807) is 0 Å². The fraction of sp³-hybridized carbons (Fsp3) is 0.250. The van der Waals surface area contributed by atoms with Crippen LogP contribution < -0.4 is 8.85 Å². The van der Waals surface area contributed by atoms with Crippen molar-refractivity contribution < 1.29 is 8.85 Å². The lowest BCUT2D eigenvalue weighted by molar-refractivity contribution is 0.387. The summed E-state index contributed by atoms with van der Waals surface area (Å²) in [5, 5.41) is 0. The van der Waals surface area contributed by atoms with E-state index in [0.717, 1.165) is 29.7 Å². The molecule has 2 rings (SSSR count). The van der Waals surface area contributed by atoms with E-state index in [9.17, 15) is 0 Å². The van der Waals surface area contributed by atoms with Gasteiger partial charge in [0.2, 0.25) is 0 Å². The van der Waals surface area contributed by atoms with E-state index in [0.29, 0.717) is 0 Å². The van der Waals surface area contributed by atoms with Gasteiger partial charge in [-0.3, -0.25) is 0 Å². The third-order valence-electron chi connectivity index (χ3n) is 2.94. The Hall–Kier alpha value is -1.39. The molecule has 20 heavy (non-hydrogen) atoms. The lowest BCUT2D eigenvalue weighted by atomic mass is 10.3. The second-order valence-corrected chi connectivity index (χ2v) is 8.41. The first-order valence-electron chi connectivity index (χ1n) is 6.81. The van der Waals surface area contributed by atoms with E-state index in [1.165, 1.54) is 0 Å². The molecular formula is C16H20O2SSi. The van der Waals surface area contributed by atoms with E-state index >= 15 is 0 Å². The Morgan fingerprint density at radius 1 is 0.850 bits per heavy atom. The van der Waals surface area contributed by atoms with Gasteiger partial charge in [0, 0.05) is 12.6 Å². The minimum absolute atomic E-state index is 0.846. The van der Waals surface area contributed by atoms with Crippen molar-refractivity contribution in [2.75, 3.05) is 5.75 Å². The summed E-state index contributed by atoms with van der Waals surface area (Å²) in [5.74, 6) is 2.59. The van der Waals surface area contributed by atoms with Crippen molar-refractivity contribution in [3.05, 3.63) is 60.7 Å². The van der Waals surface area contributed by atoms with Crippen LogP contribution in [0.1, 0.15) is 6.42 Å². The normalized spacial score (nSPS) is 11.1. The van der Waals surface area contributed by atoms with Crippen LogP contribution >= 0.6 is 12.6 Å². The number of hydrogen-bond acceptors (Lipinski definition) is 3. The highest BCUT2D eigenvalue weighted by atomic mass is 32.1. The highest BCUT2D eigenvalue weighted by Crippen LogP contribution is 2.24. The number of thiol groups is 1. The first kappa shape index (κ1) is 15.0. The fourth-order valence-corrected chi connectivity index (χ4v) is 4.79. The van der Waals surface area contributed by atoms with Crippen LogP contribution in [0.3, 0.4) is 0 Å². The second kappa shape index (κ2) is 7.41. The van der Waals surface area contributed by atoms with Crippen molar-refractivity contribution in [2.45, 2.75) is 19.0 Å². The van der Waals surface area contributed by atoms with Gasteiger partial charge in [0.25, 0.3) is 0 Å². The minimum Gasteiger partial charge on any atom is -0.512 e. The molecule has 0 amide bonds. The molecule has 4 heteroatoms. The van der Waals surface area contributed by atoms with Gasteiger partial charge in [0.15, 0.2) is 0 Å². The molecule has 0 unspecified atom stereocenters. The topological polar surface area (TPSA) is 18.5 Å². The van der Waals surface area contributed by atoms with Gasteiger partial charge in [0.1, 0.15) is 11.5 Å². The highest BCUT2D eigenvalue weighted by molar-refractivity contribution is 7.80. The van der Waals surface area contributed by atoms with Gasteiger partial charge in [-0.2, -0.15) is 12.6 Å². The molecule has 0 spiro atoms. The third kappa shape index (κ3) is 4.61. The van der Waals surface area contributed by atoms with Crippen LogP contribution in [-0.2, 0) is 0 Å². The molecule has 0 atom stereocenters. The molecule has 0 saturated carbocycles. The van der Waals surface area contributed by atoms with Crippen molar-refractivity contribution in [3.63, 3.8) is 0 Å². The average molecular weight is 304 g/mol. The molecule has 0 bridgehead atoms. The summed E-state index contributed by atoms with van der Waals surface area (Å²) in [6.07, 6.45) is 0.992. The van der Waals surface area contributed by atoms with Crippen LogP contribution in [0.2, 0.25) is 12.6 Å². The molecule has 106 valence electrons. The largest absolute Gasteiger partial charge is 0.512 e. The molecular weight excluding hydrogens is 284 g/mol. The Morgan fingerprint density at radius 2 is 1.30 bits per heavy atom. The average Bonchev–Trinajstić information content (AvgIpc) is 2.47. The summed E-state index contributed by atoms with van der Waals surface area (Å²) < 4.78 is 12.4. The van der Waals surface area contributed by atoms with Gasteiger partial charge in [-0.15, -0.1) is 0 Å². The zero-order valence-corrected chi connectivity index (χ0v) is 13.6. The van der Waals surface area contributed by atoms with Crippen molar-refractivity contribution in [1.82, 2.24) is 0 Å². The van der Waals surface area contributed by atoms with E-state index in [4.69, 9.17) is 8.85 Å². The number of benzene rings is 2.